The molecule has 0 spiro atoms. The topological polar surface area (TPSA) is 33.6 Å². The van der Waals surface area contributed by atoms with E-state index >= 15 is 13.2 Å². The van der Waals surface area contributed by atoms with Gasteiger partial charge in [-0.15, -0.1) is 0 Å². The molecule has 0 radical (unpaired) electrons. The Morgan fingerprint density at radius 1 is 0.386 bits per heavy atom. The molecule has 70 heavy (non-hydrogen) atoms. The van der Waals surface area contributed by atoms with Crippen molar-refractivity contribution in [3.63, 3.8) is 0 Å². The summed E-state index contributed by atoms with van der Waals surface area (Å²) in [6.07, 6.45) is -10.2. The van der Waals surface area contributed by atoms with Crippen molar-refractivity contribution in [3.8, 4) is 62.0 Å². The van der Waals surface area contributed by atoms with Gasteiger partial charge < -0.3 is 9.13 Å². The average molecular weight is 930 g/mol. The third kappa shape index (κ3) is 7.39. The Labute approximate surface area is 399 Å². The second-order valence-electron chi connectivity index (χ2n) is 18.2. The van der Waals surface area contributed by atoms with Gasteiger partial charge in [-0.1, -0.05) is 131 Å². The largest absolute Gasteiger partial charge is 0.417 e. The first-order valence-corrected chi connectivity index (χ1v) is 22.8. The minimum absolute atomic E-state index is 0.00171. The van der Waals surface area contributed by atoms with Crippen LogP contribution >= 0.6 is 0 Å². The average Bonchev–Trinajstić information content (AvgIpc) is 3.84. The van der Waals surface area contributed by atoms with E-state index in [-0.39, 0.29) is 22.8 Å². The number of alkyl halides is 6. The molecular weight excluding hydrogens is 889 g/mol. The van der Waals surface area contributed by atoms with Crippen LogP contribution in [0.4, 0.5) is 26.3 Å². The molecular formula is C61H41F6N3. The molecule has 0 amide bonds. The Hall–Kier alpha value is -8.35. The number of para-hydroxylation sites is 2. The lowest BCUT2D eigenvalue weighted by Gasteiger charge is -2.24. The molecule has 0 aliphatic carbocycles. The summed E-state index contributed by atoms with van der Waals surface area (Å²) in [6.45, 7) is 8.21. The van der Waals surface area contributed by atoms with Crippen LogP contribution in [-0.2, 0) is 12.4 Å². The molecule has 2 heterocycles. The van der Waals surface area contributed by atoms with Crippen molar-refractivity contribution < 1.29 is 26.3 Å². The summed E-state index contributed by atoms with van der Waals surface area (Å²) in [5.41, 5.74) is 9.83. The van der Waals surface area contributed by atoms with E-state index in [1.807, 2.05) is 102 Å². The summed E-state index contributed by atoms with van der Waals surface area (Å²) < 4.78 is 93.1. The van der Waals surface area contributed by atoms with Gasteiger partial charge in [-0.2, -0.15) is 31.6 Å². The Bertz CT molecular complexity index is 3950. The van der Waals surface area contributed by atoms with Gasteiger partial charge in [0.1, 0.15) is 0 Å². The molecule has 9 aromatic carbocycles. The van der Waals surface area contributed by atoms with Crippen LogP contribution < -0.4 is 0 Å². The summed E-state index contributed by atoms with van der Waals surface area (Å²) in [7, 11) is 0. The molecule has 9 heteroatoms. The van der Waals surface area contributed by atoms with Crippen LogP contribution in [0.1, 0.15) is 38.9 Å². The van der Waals surface area contributed by atoms with Gasteiger partial charge in [0.25, 0.3) is 0 Å². The maximum Gasteiger partial charge on any atom is 0.417 e. The lowest BCUT2D eigenvalue weighted by molar-refractivity contribution is -0.142. The zero-order valence-electron chi connectivity index (χ0n) is 38.4. The normalized spacial score (nSPS) is 12.1. The van der Waals surface area contributed by atoms with Gasteiger partial charge in [0.05, 0.1) is 56.2 Å². The van der Waals surface area contributed by atoms with Crippen LogP contribution in [-0.4, -0.2) is 9.13 Å². The van der Waals surface area contributed by atoms with Crippen molar-refractivity contribution in [2.24, 2.45) is 0 Å². The second kappa shape index (κ2) is 16.4. The fourth-order valence-corrected chi connectivity index (χ4v) is 10.6. The molecule has 3 nitrogen and oxygen atoms in total. The van der Waals surface area contributed by atoms with E-state index in [0.717, 1.165) is 94.2 Å². The van der Waals surface area contributed by atoms with Crippen molar-refractivity contribution in [2.45, 2.75) is 40.0 Å². The van der Waals surface area contributed by atoms with Gasteiger partial charge in [0.2, 0.25) is 0 Å². The van der Waals surface area contributed by atoms with E-state index < -0.39 is 29.0 Å². The van der Waals surface area contributed by atoms with Gasteiger partial charge >= 0.3 is 12.4 Å². The molecule has 0 atom stereocenters. The molecule has 0 aliphatic rings. The first kappa shape index (κ1) is 44.2. The predicted octanol–water partition coefficient (Wildman–Crippen LogP) is 17.7. The highest BCUT2D eigenvalue weighted by atomic mass is 19.4. The molecule has 0 saturated carbocycles. The Morgan fingerprint density at radius 2 is 0.857 bits per heavy atom. The van der Waals surface area contributed by atoms with Crippen molar-refractivity contribution in [2.75, 3.05) is 0 Å². The summed E-state index contributed by atoms with van der Waals surface area (Å²) >= 11 is 0. The maximum atomic E-state index is 15.4. The van der Waals surface area contributed by atoms with E-state index in [1.54, 1.807) is 24.3 Å². The SMILES string of the molecule is Cc1cc(C)cc(-c2ccc3c(c2)c2ccccc2n3-c2cccc(C#N)c2-c2c(-c3ccc(C(F)(F)F)cc3C(F)(F)F)cccc2-n2c3ccccc3c3cc(-c4cc(C)cc(C)c4)ccc32)c1. The number of aryl methyl sites for hydroxylation is 4. The summed E-state index contributed by atoms with van der Waals surface area (Å²) in [5, 5.41) is 14.8. The molecule has 342 valence electrons. The highest BCUT2D eigenvalue weighted by molar-refractivity contribution is 6.13. The summed E-state index contributed by atoms with van der Waals surface area (Å²) in [6, 6.07) is 55.0. The van der Waals surface area contributed by atoms with Crippen LogP contribution in [0.3, 0.4) is 0 Å². The highest BCUT2D eigenvalue weighted by Crippen LogP contribution is 2.50. The zero-order chi connectivity index (χ0) is 48.8. The quantitative estimate of drug-likeness (QED) is 0.153. The molecule has 11 aromatic rings. The van der Waals surface area contributed by atoms with E-state index in [4.69, 9.17) is 0 Å². The van der Waals surface area contributed by atoms with Gasteiger partial charge in [-0.05, 0) is 128 Å². The number of aromatic nitrogens is 2. The smallest absolute Gasteiger partial charge is 0.309 e. The van der Waals surface area contributed by atoms with E-state index in [9.17, 15) is 18.4 Å². The Kier molecular flexibility index (Phi) is 10.4. The minimum atomic E-state index is -5.20. The van der Waals surface area contributed by atoms with Gasteiger partial charge in [-0.3, -0.25) is 0 Å². The second-order valence-corrected chi connectivity index (χ2v) is 18.2. The molecule has 0 bridgehead atoms. The minimum Gasteiger partial charge on any atom is -0.309 e. The molecule has 2 aromatic heterocycles. The first-order chi connectivity index (χ1) is 33.6. The fraction of sp³-hybridized carbons (Fsp3) is 0.0984. The van der Waals surface area contributed by atoms with Crippen LogP contribution in [0.25, 0.3) is 99.5 Å². The number of nitrogens with zero attached hydrogens (tertiary/aromatic N) is 3. The summed E-state index contributed by atoms with van der Waals surface area (Å²) in [4.78, 5) is 0. The van der Waals surface area contributed by atoms with Crippen LogP contribution in [0.15, 0.2) is 176 Å². The Balaban J connectivity index is 1.27. The molecule has 11 rings (SSSR count). The zero-order valence-corrected chi connectivity index (χ0v) is 38.4. The standard InChI is InChI=1S/C61H41F6N3/c1-35-25-36(2)28-42(27-35)39-19-23-54-49(31-39)46-12-5-7-15-52(46)69(54)56-17-9-11-41(34-68)58(56)59-48(45-22-21-44(60(62,63)64)33-51(45)61(65,66)67)14-10-18-57(59)70-53-16-8-6-13-47(53)50-32-40(20-24-55(50)70)43-29-37(3)26-38(4)30-43/h5-33H,1-4H3. The molecule has 0 N–H and O–H groups in total. The maximum absolute atomic E-state index is 15.4. The molecule has 0 fully saturated rings. The Morgan fingerprint density at radius 3 is 1.34 bits per heavy atom. The van der Waals surface area contributed by atoms with Gasteiger partial charge in [0.15, 0.2) is 0 Å². The monoisotopic (exact) mass is 929 g/mol. The van der Waals surface area contributed by atoms with Crippen molar-refractivity contribution >= 4 is 43.6 Å². The third-order valence-corrected chi connectivity index (χ3v) is 13.3. The number of hydrogen-bond donors (Lipinski definition) is 0. The predicted molar refractivity (Wildman–Crippen MR) is 271 cm³/mol. The molecule has 0 saturated heterocycles. The van der Waals surface area contributed by atoms with Crippen molar-refractivity contribution in [1.29, 1.82) is 5.26 Å². The number of halogens is 6. The van der Waals surface area contributed by atoms with E-state index in [1.165, 1.54) is 6.07 Å². The number of nitriles is 1. The number of benzene rings is 9. The van der Waals surface area contributed by atoms with Crippen molar-refractivity contribution in [1.82, 2.24) is 9.13 Å². The number of fused-ring (bicyclic) bond motifs is 6. The lowest BCUT2D eigenvalue weighted by atomic mass is 9.86. The molecule has 0 unspecified atom stereocenters. The van der Waals surface area contributed by atoms with Crippen molar-refractivity contribution in [3.05, 3.63) is 215 Å². The number of rotatable bonds is 6. The highest BCUT2D eigenvalue weighted by Gasteiger charge is 2.39. The lowest BCUT2D eigenvalue weighted by Crippen LogP contribution is -2.13. The van der Waals surface area contributed by atoms with E-state index in [2.05, 4.69) is 68.4 Å². The van der Waals surface area contributed by atoms with Crippen LogP contribution in [0.5, 0.6) is 0 Å². The van der Waals surface area contributed by atoms with Crippen LogP contribution in [0.2, 0.25) is 0 Å². The fourth-order valence-electron chi connectivity index (χ4n) is 10.6. The van der Waals surface area contributed by atoms with Gasteiger partial charge in [-0.25, -0.2) is 0 Å². The molecule has 0 aliphatic heterocycles. The van der Waals surface area contributed by atoms with E-state index in [0.29, 0.717) is 23.0 Å². The number of hydrogen-bond acceptors (Lipinski definition) is 1. The summed E-state index contributed by atoms with van der Waals surface area (Å²) in [5.74, 6) is 0. The third-order valence-electron chi connectivity index (χ3n) is 13.3. The van der Waals surface area contributed by atoms with Crippen LogP contribution in [0, 0.1) is 39.0 Å². The van der Waals surface area contributed by atoms with Gasteiger partial charge in [0, 0.05) is 32.7 Å². The first-order valence-electron chi connectivity index (χ1n) is 22.8.